The van der Waals surface area contributed by atoms with Crippen LogP contribution in [0.15, 0.2) is 0 Å². The van der Waals surface area contributed by atoms with Crippen molar-refractivity contribution < 1.29 is 13.6 Å². The van der Waals surface area contributed by atoms with Crippen LogP contribution in [0.5, 0.6) is 0 Å². The zero-order valence-corrected chi connectivity index (χ0v) is 11.0. The minimum atomic E-state index is -3.31. The topological polar surface area (TPSA) is 59.3 Å². The van der Waals surface area contributed by atoms with E-state index in [0.29, 0.717) is 0 Å². The van der Waals surface area contributed by atoms with Gasteiger partial charge in [-0.25, -0.2) is 0 Å². The molecule has 0 amide bonds. The quantitative estimate of drug-likeness (QED) is 0.684. The highest BCUT2D eigenvalue weighted by molar-refractivity contribution is 7.55. The number of nitriles is 1. The molecule has 0 spiro atoms. The summed E-state index contributed by atoms with van der Waals surface area (Å²) in [5, 5.41) is 9.07. The molecule has 1 atom stereocenters. The molecule has 0 aromatic heterocycles. The van der Waals surface area contributed by atoms with Crippen molar-refractivity contribution in [2.24, 2.45) is 5.41 Å². The van der Waals surface area contributed by atoms with Crippen LogP contribution in [-0.4, -0.2) is 18.9 Å². The van der Waals surface area contributed by atoms with Crippen LogP contribution in [0.25, 0.3) is 0 Å². The zero-order valence-electron chi connectivity index (χ0n) is 10.1. The maximum Gasteiger partial charge on any atom is 0.348 e. The van der Waals surface area contributed by atoms with E-state index >= 15 is 0 Å². The Balaban J connectivity index is 5.05. The smallest absolute Gasteiger partial charge is 0.308 e. The zero-order chi connectivity index (χ0) is 12.1. The van der Waals surface area contributed by atoms with Gasteiger partial charge in [0.1, 0.15) is 0 Å². The third-order valence-corrected chi connectivity index (χ3v) is 4.64. The van der Waals surface area contributed by atoms with Gasteiger partial charge in [-0.05, 0) is 19.3 Å². The molecule has 0 radical (unpaired) electrons. The molecule has 0 rings (SSSR count). The van der Waals surface area contributed by atoms with Crippen LogP contribution < -0.4 is 0 Å². The Morgan fingerprint density at radius 2 is 1.67 bits per heavy atom. The van der Waals surface area contributed by atoms with E-state index in [0.717, 1.165) is 0 Å². The number of hydrogen-bond acceptors (Lipinski definition) is 4. The van der Waals surface area contributed by atoms with Crippen LogP contribution in [0.1, 0.15) is 34.6 Å². The third-order valence-electron chi connectivity index (χ3n) is 1.88. The number of rotatable bonds is 5. The predicted molar refractivity (Wildman–Crippen MR) is 59.7 cm³/mol. The van der Waals surface area contributed by atoms with Gasteiger partial charge in [-0.1, -0.05) is 20.8 Å². The molecule has 0 aliphatic carbocycles. The Kier molecular flexibility index (Phi) is 5.51. The molecule has 0 N–H and O–H groups in total. The second kappa shape index (κ2) is 5.65. The van der Waals surface area contributed by atoms with E-state index in [1.54, 1.807) is 13.8 Å². The Labute approximate surface area is 92.1 Å². The lowest BCUT2D eigenvalue weighted by Gasteiger charge is -2.30. The van der Waals surface area contributed by atoms with E-state index in [4.69, 9.17) is 14.3 Å². The summed E-state index contributed by atoms with van der Waals surface area (Å²) in [5.41, 5.74) is -1.15. The second-order valence-electron chi connectivity index (χ2n) is 4.27. The van der Waals surface area contributed by atoms with E-state index in [2.05, 4.69) is 0 Å². The molecule has 0 aliphatic heterocycles. The van der Waals surface area contributed by atoms with Crippen molar-refractivity contribution in [3.05, 3.63) is 0 Å². The van der Waals surface area contributed by atoms with Crippen LogP contribution in [0.3, 0.4) is 0 Å². The summed E-state index contributed by atoms with van der Waals surface area (Å²) in [7, 11) is -3.31. The first-order valence-electron chi connectivity index (χ1n) is 5.10. The van der Waals surface area contributed by atoms with Crippen LogP contribution in [0.2, 0.25) is 0 Å². The fourth-order valence-corrected chi connectivity index (χ4v) is 3.47. The fraction of sp³-hybridized carbons (Fsp3) is 0.900. The van der Waals surface area contributed by atoms with E-state index in [1.165, 1.54) is 0 Å². The average Bonchev–Trinajstić information content (AvgIpc) is 2.02. The highest BCUT2D eigenvalue weighted by Gasteiger charge is 2.43. The molecule has 5 heteroatoms. The Hall–Kier alpha value is -0.360. The van der Waals surface area contributed by atoms with Gasteiger partial charge in [-0.3, -0.25) is 4.57 Å². The third kappa shape index (κ3) is 3.95. The molecular formula is C10H20NO3P. The number of nitrogens with zero attached hydrogens (tertiary/aromatic N) is 1. The van der Waals surface area contributed by atoms with Crippen molar-refractivity contribution in [2.75, 3.05) is 13.2 Å². The molecule has 0 aromatic rings. The first-order chi connectivity index (χ1) is 6.81. The van der Waals surface area contributed by atoms with Crippen LogP contribution in [0.4, 0.5) is 0 Å². The largest absolute Gasteiger partial charge is 0.348 e. The van der Waals surface area contributed by atoms with Gasteiger partial charge in [0, 0.05) is 0 Å². The average molecular weight is 233 g/mol. The molecule has 0 saturated carbocycles. The molecule has 88 valence electrons. The Bertz CT molecular complexity index is 267. The summed E-state index contributed by atoms with van der Waals surface area (Å²) in [6, 6.07) is 2.04. The van der Waals surface area contributed by atoms with Gasteiger partial charge in [0.25, 0.3) is 0 Å². The van der Waals surface area contributed by atoms with E-state index in [1.807, 2.05) is 26.8 Å². The first kappa shape index (κ1) is 14.6. The van der Waals surface area contributed by atoms with Gasteiger partial charge >= 0.3 is 7.60 Å². The summed E-state index contributed by atoms with van der Waals surface area (Å²) in [4.78, 5) is 0. The summed E-state index contributed by atoms with van der Waals surface area (Å²) >= 11 is 0. The molecular weight excluding hydrogens is 213 g/mol. The first-order valence-corrected chi connectivity index (χ1v) is 6.71. The van der Waals surface area contributed by atoms with Crippen LogP contribution in [0, 0.1) is 16.7 Å². The summed E-state index contributed by atoms with van der Waals surface area (Å²) in [6.07, 6.45) is 0. The van der Waals surface area contributed by atoms with Crippen molar-refractivity contribution in [2.45, 2.75) is 40.3 Å². The van der Waals surface area contributed by atoms with Crippen molar-refractivity contribution >= 4 is 7.60 Å². The summed E-state index contributed by atoms with van der Waals surface area (Å²) in [6.45, 7) is 9.60. The molecule has 0 heterocycles. The van der Waals surface area contributed by atoms with Crippen LogP contribution >= 0.6 is 7.60 Å². The molecule has 0 aliphatic rings. The highest BCUT2D eigenvalue weighted by atomic mass is 31.2. The van der Waals surface area contributed by atoms with Gasteiger partial charge in [0.15, 0.2) is 5.66 Å². The fourth-order valence-electron chi connectivity index (χ4n) is 1.28. The van der Waals surface area contributed by atoms with Crippen molar-refractivity contribution in [1.82, 2.24) is 0 Å². The highest BCUT2D eigenvalue weighted by Crippen LogP contribution is 2.58. The van der Waals surface area contributed by atoms with E-state index in [9.17, 15) is 4.57 Å². The van der Waals surface area contributed by atoms with Gasteiger partial charge in [0.2, 0.25) is 0 Å². The standard InChI is InChI=1S/C10H20NO3P/c1-6-13-15(12,14-7-2)9(8-11)10(3,4)5/h9H,6-7H2,1-5H3. The maximum absolute atomic E-state index is 12.3. The van der Waals surface area contributed by atoms with E-state index < -0.39 is 18.7 Å². The van der Waals surface area contributed by atoms with Gasteiger partial charge in [-0.15, -0.1) is 0 Å². The summed E-state index contributed by atoms with van der Waals surface area (Å²) < 4.78 is 22.6. The van der Waals surface area contributed by atoms with Gasteiger partial charge < -0.3 is 9.05 Å². The Morgan fingerprint density at radius 1 is 1.27 bits per heavy atom. The van der Waals surface area contributed by atoms with Gasteiger partial charge in [-0.2, -0.15) is 5.26 Å². The number of hydrogen-bond donors (Lipinski definition) is 0. The van der Waals surface area contributed by atoms with Gasteiger partial charge in [0.05, 0.1) is 19.3 Å². The molecule has 0 saturated heterocycles. The van der Waals surface area contributed by atoms with Crippen molar-refractivity contribution in [3.63, 3.8) is 0 Å². The molecule has 1 unspecified atom stereocenters. The van der Waals surface area contributed by atoms with Crippen molar-refractivity contribution in [3.8, 4) is 6.07 Å². The molecule has 0 fully saturated rings. The maximum atomic E-state index is 12.3. The SMILES string of the molecule is CCOP(=O)(OCC)C(C#N)C(C)(C)C. The molecule has 4 nitrogen and oxygen atoms in total. The van der Waals surface area contributed by atoms with Crippen molar-refractivity contribution in [1.29, 1.82) is 5.26 Å². The minimum Gasteiger partial charge on any atom is -0.308 e. The molecule has 0 bridgehead atoms. The Morgan fingerprint density at radius 3 is 1.87 bits per heavy atom. The normalized spacial score (nSPS) is 14.7. The lowest BCUT2D eigenvalue weighted by Crippen LogP contribution is -2.26. The summed E-state index contributed by atoms with van der Waals surface area (Å²) in [5.74, 6) is 0. The predicted octanol–water partition coefficient (Wildman–Crippen LogP) is 3.19. The lowest BCUT2D eigenvalue weighted by atomic mass is 9.93. The second-order valence-corrected chi connectivity index (χ2v) is 6.39. The lowest BCUT2D eigenvalue weighted by molar-refractivity contribution is 0.202. The minimum absolute atomic E-state index is 0.283. The molecule has 15 heavy (non-hydrogen) atoms. The van der Waals surface area contributed by atoms with E-state index in [-0.39, 0.29) is 13.2 Å². The monoisotopic (exact) mass is 233 g/mol. The van der Waals surface area contributed by atoms with Crippen LogP contribution in [-0.2, 0) is 13.6 Å². The molecule has 0 aromatic carbocycles.